The van der Waals surface area contributed by atoms with Gasteiger partial charge >= 0.3 is 0 Å². The van der Waals surface area contributed by atoms with Gasteiger partial charge in [0.25, 0.3) is 0 Å². The molecule has 43 heavy (non-hydrogen) atoms. The zero-order valence-corrected chi connectivity index (χ0v) is 23.4. The number of fused-ring (bicyclic) bond motifs is 11. The van der Waals surface area contributed by atoms with Crippen molar-refractivity contribution in [2.24, 2.45) is 0 Å². The smallest absolute Gasteiger partial charge is 0.132 e. The molecule has 0 N–H and O–H groups in total. The molecule has 2 heteroatoms. The van der Waals surface area contributed by atoms with Gasteiger partial charge in [0.15, 0.2) is 0 Å². The van der Waals surface area contributed by atoms with Crippen molar-refractivity contribution in [1.29, 1.82) is 0 Å². The lowest BCUT2D eigenvalue weighted by Crippen LogP contribution is -2.32. The zero-order valence-electron chi connectivity index (χ0n) is 23.4. The predicted molar refractivity (Wildman–Crippen MR) is 176 cm³/mol. The third-order valence-electron chi connectivity index (χ3n) is 9.09. The molecule has 0 aromatic heterocycles. The standard InChI is InChI=1S/C41H27NO/c1-3-14-29(15-4-1)42(30-16-5-2-6-17-30)31-24-25-34-33-19-9-10-20-35(33)41(37(34)27-31)36-21-11-12-22-38(36)43-39-26-23-28-13-7-8-18-32(28)40(39)41/h1-27H. The molecule has 7 aromatic carbocycles. The molecule has 1 atom stereocenters. The van der Waals surface area contributed by atoms with Gasteiger partial charge in [0, 0.05) is 28.2 Å². The summed E-state index contributed by atoms with van der Waals surface area (Å²) in [4.78, 5) is 2.35. The number of hydrogen-bond acceptors (Lipinski definition) is 2. The van der Waals surface area contributed by atoms with Crippen LogP contribution in [0, 0.1) is 0 Å². The van der Waals surface area contributed by atoms with Crippen LogP contribution in [0.5, 0.6) is 11.5 Å². The topological polar surface area (TPSA) is 12.5 Å². The second-order valence-corrected chi connectivity index (χ2v) is 11.3. The molecule has 0 fully saturated rings. The molecular formula is C41H27NO. The van der Waals surface area contributed by atoms with Gasteiger partial charge in [-0.25, -0.2) is 0 Å². The Bertz CT molecular complexity index is 2130. The van der Waals surface area contributed by atoms with Crippen LogP contribution in [0.15, 0.2) is 164 Å². The molecule has 0 saturated heterocycles. The van der Waals surface area contributed by atoms with Crippen molar-refractivity contribution in [2.75, 3.05) is 4.90 Å². The van der Waals surface area contributed by atoms with Crippen LogP contribution < -0.4 is 9.64 Å². The summed E-state index contributed by atoms with van der Waals surface area (Å²) in [6.45, 7) is 0. The van der Waals surface area contributed by atoms with Gasteiger partial charge in [-0.2, -0.15) is 0 Å². The Morgan fingerprint density at radius 1 is 0.419 bits per heavy atom. The minimum Gasteiger partial charge on any atom is -0.457 e. The van der Waals surface area contributed by atoms with Crippen molar-refractivity contribution < 1.29 is 4.74 Å². The first-order chi connectivity index (χ1) is 21.3. The highest BCUT2D eigenvalue weighted by atomic mass is 16.5. The molecule has 202 valence electrons. The lowest BCUT2D eigenvalue weighted by atomic mass is 9.65. The average Bonchev–Trinajstić information content (AvgIpc) is 3.36. The zero-order chi connectivity index (χ0) is 28.4. The van der Waals surface area contributed by atoms with E-state index in [1.165, 1.54) is 44.2 Å². The van der Waals surface area contributed by atoms with Crippen molar-refractivity contribution in [3.05, 3.63) is 186 Å². The Hall–Kier alpha value is -5.60. The monoisotopic (exact) mass is 549 g/mol. The molecule has 0 bridgehead atoms. The van der Waals surface area contributed by atoms with E-state index in [0.717, 1.165) is 28.6 Å². The minimum atomic E-state index is -0.550. The Morgan fingerprint density at radius 2 is 1.05 bits per heavy atom. The van der Waals surface area contributed by atoms with Crippen molar-refractivity contribution in [2.45, 2.75) is 5.41 Å². The van der Waals surface area contributed by atoms with E-state index in [1.54, 1.807) is 0 Å². The van der Waals surface area contributed by atoms with E-state index in [9.17, 15) is 0 Å². The summed E-state index contributed by atoms with van der Waals surface area (Å²) in [6.07, 6.45) is 0. The second kappa shape index (κ2) is 9.20. The number of nitrogens with zero attached hydrogens (tertiary/aromatic N) is 1. The normalized spacial score (nSPS) is 15.7. The van der Waals surface area contributed by atoms with Gasteiger partial charge in [0.2, 0.25) is 0 Å². The molecule has 1 spiro atoms. The molecule has 2 aliphatic rings. The molecule has 1 aliphatic heterocycles. The summed E-state index contributed by atoms with van der Waals surface area (Å²) in [5.41, 5.74) is 10.3. The maximum atomic E-state index is 6.71. The Morgan fingerprint density at radius 3 is 1.84 bits per heavy atom. The summed E-state index contributed by atoms with van der Waals surface area (Å²) < 4.78 is 6.71. The molecule has 0 saturated carbocycles. The van der Waals surface area contributed by atoms with Gasteiger partial charge in [-0.05, 0) is 81.6 Å². The summed E-state index contributed by atoms with van der Waals surface area (Å²) in [6, 6.07) is 58.8. The fourth-order valence-corrected chi connectivity index (χ4v) is 7.41. The van der Waals surface area contributed by atoms with Crippen LogP contribution in [-0.4, -0.2) is 0 Å². The molecule has 1 heterocycles. The fraction of sp³-hybridized carbons (Fsp3) is 0.0244. The van der Waals surface area contributed by atoms with E-state index < -0.39 is 5.41 Å². The molecule has 2 nitrogen and oxygen atoms in total. The van der Waals surface area contributed by atoms with E-state index in [-0.39, 0.29) is 0 Å². The van der Waals surface area contributed by atoms with Gasteiger partial charge < -0.3 is 9.64 Å². The summed E-state index contributed by atoms with van der Waals surface area (Å²) in [5, 5.41) is 2.42. The fourth-order valence-electron chi connectivity index (χ4n) is 7.41. The lowest BCUT2D eigenvalue weighted by molar-refractivity contribution is 0.438. The van der Waals surface area contributed by atoms with E-state index in [4.69, 9.17) is 4.74 Å². The number of rotatable bonds is 3. The van der Waals surface area contributed by atoms with Crippen LogP contribution in [-0.2, 0) is 5.41 Å². The molecule has 0 amide bonds. The maximum absolute atomic E-state index is 6.71. The number of anilines is 3. The number of hydrogen-bond donors (Lipinski definition) is 0. The second-order valence-electron chi connectivity index (χ2n) is 11.3. The van der Waals surface area contributed by atoms with Crippen LogP contribution in [0.25, 0.3) is 21.9 Å². The van der Waals surface area contributed by atoms with E-state index in [2.05, 4.69) is 169 Å². The summed E-state index contributed by atoms with van der Waals surface area (Å²) in [7, 11) is 0. The quantitative estimate of drug-likeness (QED) is 0.217. The van der Waals surface area contributed by atoms with E-state index >= 15 is 0 Å². The lowest BCUT2D eigenvalue weighted by Gasteiger charge is -2.40. The van der Waals surface area contributed by atoms with Crippen LogP contribution in [0.4, 0.5) is 17.1 Å². The van der Waals surface area contributed by atoms with Gasteiger partial charge in [-0.15, -0.1) is 0 Å². The Balaban J connectivity index is 1.42. The van der Waals surface area contributed by atoms with Crippen LogP contribution in [0.1, 0.15) is 22.3 Å². The highest BCUT2D eigenvalue weighted by molar-refractivity contribution is 5.98. The van der Waals surface area contributed by atoms with Gasteiger partial charge in [-0.1, -0.05) is 115 Å². The van der Waals surface area contributed by atoms with Crippen LogP contribution >= 0.6 is 0 Å². The molecular weight excluding hydrogens is 522 g/mol. The largest absolute Gasteiger partial charge is 0.457 e. The highest BCUT2D eigenvalue weighted by Crippen LogP contribution is 2.63. The summed E-state index contributed by atoms with van der Waals surface area (Å²) in [5.74, 6) is 1.81. The van der Waals surface area contributed by atoms with E-state index in [1.807, 2.05) is 0 Å². The first-order valence-electron chi connectivity index (χ1n) is 14.8. The highest BCUT2D eigenvalue weighted by Gasteiger charge is 2.52. The molecule has 1 aliphatic carbocycles. The Labute approximate surface area is 251 Å². The number of para-hydroxylation sites is 3. The van der Waals surface area contributed by atoms with Crippen molar-refractivity contribution >= 4 is 27.8 Å². The van der Waals surface area contributed by atoms with E-state index in [0.29, 0.717) is 0 Å². The third-order valence-corrected chi connectivity index (χ3v) is 9.09. The van der Waals surface area contributed by atoms with Gasteiger partial charge in [0.1, 0.15) is 11.5 Å². The average molecular weight is 550 g/mol. The van der Waals surface area contributed by atoms with Crippen molar-refractivity contribution in [3.8, 4) is 22.6 Å². The SMILES string of the molecule is c1ccc(N(c2ccccc2)c2ccc3c(c2)C2(c4ccccc4Oc4ccc5ccccc5c42)c2ccccc2-3)cc1. The van der Waals surface area contributed by atoms with Gasteiger partial charge in [-0.3, -0.25) is 0 Å². The molecule has 7 aromatic rings. The van der Waals surface area contributed by atoms with Gasteiger partial charge in [0.05, 0.1) is 5.41 Å². The third kappa shape index (κ3) is 3.35. The first-order valence-corrected chi connectivity index (χ1v) is 14.8. The first kappa shape index (κ1) is 24.0. The van der Waals surface area contributed by atoms with Crippen LogP contribution in [0.2, 0.25) is 0 Å². The van der Waals surface area contributed by atoms with Crippen LogP contribution in [0.3, 0.4) is 0 Å². The molecule has 1 unspecified atom stereocenters. The predicted octanol–water partition coefficient (Wildman–Crippen LogP) is 10.8. The maximum Gasteiger partial charge on any atom is 0.132 e. The minimum absolute atomic E-state index is 0.550. The summed E-state index contributed by atoms with van der Waals surface area (Å²) >= 11 is 0. The molecule has 9 rings (SSSR count). The van der Waals surface area contributed by atoms with Crippen molar-refractivity contribution in [3.63, 3.8) is 0 Å². The van der Waals surface area contributed by atoms with Crippen molar-refractivity contribution in [1.82, 2.24) is 0 Å². The number of benzene rings is 7. The Kier molecular flexibility index (Phi) is 5.15. The number of ether oxygens (including phenoxy) is 1. The molecule has 0 radical (unpaired) electrons.